The maximum absolute atomic E-state index is 14.0. The third-order valence-electron chi connectivity index (χ3n) is 14.3. The second-order valence-electron chi connectivity index (χ2n) is 29.3. The van der Waals surface area contributed by atoms with Gasteiger partial charge in [-0.1, -0.05) is 103 Å². The summed E-state index contributed by atoms with van der Waals surface area (Å²) in [6.07, 6.45) is 18.4. The number of Topliss-reactive ketones (excluding diaryl/α,β-unsaturated/α-hetero) is 1. The van der Waals surface area contributed by atoms with Gasteiger partial charge in [-0.05, 0) is 173 Å². The van der Waals surface area contributed by atoms with E-state index in [1.165, 1.54) is 0 Å². The molecule has 1 heterocycles. The van der Waals surface area contributed by atoms with Crippen LogP contribution in [-0.4, -0.2) is 67.5 Å². The number of allylic oxidation sites excluding steroid dienone is 1. The fraction of sp³-hybridized carbons (Fsp3) is 0.545. The van der Waals surface area contributed by atoms with E-state index in [9.17, 15) is 14.4 Å². The predicted octanol–water partition coefficient (Wildman–Crippen LogP) is 19.6. The lowest BCUT2D eigenvalue weighted by molar-refractivity contribution is -0.143. The SMILES string of the molecule is CCC(CC)(OP(C)Oc1c(-c2cc(C(C)(C)C)cc(S(C)(C)C)c2Op2oc3c(C(C)(C)C)cc(OC(=O)C(C)(C)C)cc3c3cc(OC(=O)C(C)(C)C)cc(C(C)(C)C)c3o2)cc(C(C)(C)C)cc1S(C)(C)C)C(=O)C1=C[CH]1. The van der Waals surface area contributed by atoms with Crippen LogP contribution in [0.2, 0.25) is 0 Å². The first kappa shape index (κ1) is 65.0. The van der Waals surface area contributed by atoms with Crippen LogP contribution in [0.3, 0.4) is 0 Å². The quantitative estimate of drug-likeness (QED) is 0.0568. The van der Waals surface area contributed by atoms with Crippen LogP contribution in [0.25, 0.3) is 33.1 Å². The predicted molar refractivity (Wildman–Crippen MR) is 342 cm³/mol. The van der Waals surface area contributed by atoms with Gasteiger partial charge in [0, 0.05) is 61.5 Å². The monoisotopic (exact) mass is 1170 g/mol. The molecule has 4 aromatic carbocycles. The number of hydrogen-bond donors (Lipinski definition) is 0. The number of esters is 2. The van der Waals surface area contributed by atoms with Gasteiger partial charge in [0.1, 0.15) is 34.0 Å². The smallest absolute Gasteiger partial charge is 0.446 e. The molecule has 0 bridgehead atoms. The minimum absolute atomic E-state index is 0.0147. The molecule has 10 nitrogen and oxygen atoms in total. The number of fused-ring (bicyclic) bond motifs is 3. The zero-order chi connectivity index (χ0) is 60.6. The molecule has 441 valence electrons. The molecule has 1 aromatic heterocycles. The lowest BCUT2D eigenvalue weighted by atomic mass is 9.83. The molecule has 0 aliphatic heterocycles. The van der Waals surface area contributed by atoms with Crippen LogP contribution in [0.5, 0.6) is 23.0 Å². The Morgan fingerprint density at radius 1 is 0.537 bits per heavy atom. The molecule has 0 spiro atoms. The number of carbonyl (C=O) groups excluding carboxylic acids is 3. The van der Waals surface area contributed by atoms with Crippen LogP contribution in [0.1, 0.15) is 174 Å². The van der Waals surface area contributed by atoms with Gasteiger partial charge < -0.3 is 31.4 Å². The summed E-state index contributed by atoms with van der Waals surface area (Å²) in [4.78, 5) is 43.6. The second-order valence-corrected chi connectivity index (χ2v) is 39.8. The number of rotatable bonds is 15. The number of carbonyl (C=O) groups is 3. The first-order chi connectivity index (χ1) is 36.2. The summed E-state index contributed by atoms with van der Waals surface area (Å²) in [6.45, 7) is 42.9. The van der Waals surface area contributed by atoms with Crippen LogP contribution >= 0.6 is 36.7 Å². The number of benzene rings is 4. The van der Waals surface area contributed by atoms with Gasteiger partial charge in [0.2, 0.25) is 8.38 Å². The van der Waals surface area contributed by atoms with Crippen molar-refractivity contribution in [3.63, 3.8) is 0 Å². The Morgan fingerprint density at radius 3 is 1.24 bits per heavy atom. The van der Waals surface area contributed by atoms with Crippen molar-refractivity contribution in [2.24, 2.45) is 10.8 Å². The molecule has 0 fully saturated rings. The summed E-state index contributed by atoms with van der Waals surface area (Å²) >= 11 is 0. The molecular weight excluding hydrogens is 1080 g/mol. The minimum Gasteiger partial charge on any atom is -0.446 e. The van der Waals surface area contributed by atoms with Crippen molar-refractivity contribution in [1.82, 2.24) is 0 Å². The van der Waals surface area contributed by atoms with E-state index in [2.05, 4.69) is 145 Å². The summed E-state index contributed by atoms with van der Waals surface area (Å²) in [5.74, 6) is 1.18. The molecule has 1 aliphatic carbocycles. The van der Waals surface area contributed by atoms with Crippen molar-refractivity contribution in [3.05, 3.63) is 88.9 Å². The highest BCUT2D eigenvalue weighted by atomic mass is 32.3. The van der Waals surface area contributed by atoms with Gasteiger partial charge in [0.25, 0.3) is 0 Å². The van der Waals surface area contributed by atoms with Crippen LogP contribution < -0.4 is 18.5 Å². The van der Waals surface area contributed by atoms with Crippen LogP contribution in [0, 0.1) is 17.3 Å². The van der Waals surface area contributed by atoms with Crippen molar-refractivity contribution < 1.29 is 45.8 Å². The van der Waals surface area contributed by atoms with Crippen molar-refractivity contribution in [2.45, 2.75) is 188 Å². The van der Waals surface area contributed by atoms with Crippen molar-refractivity contribution in [2.75, 3.05) is 44.2 Å². The summed E-state index contributed by atoms with van der Waals surface area (Å²) in [7, 11) is -7.24. The van der Waals surface area contributed by atoms with E-state index in [1.807, 2.05) is 98.8 Å². The van der Waals surface area contributed by atoms with E-state index in [1.54, 1.807) is 0 Å². The fourth-order valence-electron chi connectivity index (χ4n) is 8.99. The molecule has 0 saturated carbocycles. The van der Waals surface area contributed by atoms with Crippen molar-refractivity contribution in [1.29, 1.82) is 0 Å². The average Bonchev–Trinajstić information content (AvgIpc) is 4.15. The molecule has 0 N–H and O–H groups in total. The highest BCUT2D eigenvalue weighted by Crippen LogP contribution is 2.62. The van der Waals surface area contributed by atoms with E-state index >= 15 is 0 Å². The highest BCUT2D eigenvalue weighted by Gasteiger charge is 2.43. The summed E-state index contributed by atoms with van der Waals surface area (Å²) in [6, 6.07) is 16.5. The number of ether oxygens (including phenoxy) is 2. The molecule has 1 atom stereocenters. The first-order valence-corrected chi connectivity index (χ1v) is 36.3. The van der Waals surface area contributed by atoms with Crippen molar-refractivity contribution in [3.8, 4) is 34.1 Å². The van der Waals surface area contributed by atoms with Gasteiger partial charge in [0.05, 0.1) is 10.8 Å². The van der Waals surface area contributed by atoms with Gasteiger partial charge in [-0.3, -0.25) is 14.4 Å². The Labute approximate surface area is 485 Å². The van der Waals surface area contributed by atoms with E-state index in [0.29, 0.717) is 63.4 Å². The summed E-state index contributed by atoms with van der Waals surface area (Å²) < 4.78 is 49.3. The standard InChI is InChI=1S/C66H95O10P2S2/c1-28-66(29-2,57(67)40-30-31-40)76-77(21)72-55-45(32-41(60(3,4)5)34-51(55)79(22,23)24)46-33-42(61(6,7)8)35-52(80(25,26)27)56(46)75-78-73-53-47(36-43(38-49(53)62(9,10)11)70-58(68)64(15,16)17)48-37-44(71-59(69)65(18,19)20)39-50(54(48)74-78)63(12,13)14/h30-39H,28-29H2,1-27H3. The summed E-state index contributed by atoms with van der Waals surface area (Å²) in [5.41, 5.74) is 2.73. The molecular formula is C66H95O10P2S2. The van der Waals surface area contributed by atoms with E-state index in [0.717, 1.165) is 43.2 Å². The molecule has 1 radical (unpaired) electrons. The van der Waals surface area contributed by atoms with Gasteiger partial charge in [-0.15, -0.1) is 0 Å². The minimum atomic E-state index is -2.39. The van der Waals surface area contributed by atoms with Gasteiger partial charge in [0.15, 0.2) is 11.5 Å². The molecule has 80 heavy (non-hydrogen) atoms. The third-order valence-corrected chi connectivity index (χ3v) is 19.6. The molecule has 5 aromatic rings. The second kappa shape index (κ2) is 22.4. The number of hydrogen-bond acceptors (Lipinski definition) is 10. The lowest BCUT2D eigenvalue weighted by Crippen LogP contribution is -2.39. The third kappa shape index (κ3) is 14.6. The molecule has 0 amide bonds. The summed E-state index contributed by atoms with van der Waals surface area (Å²) in [5, 5.41) is 1.18. The lowest BCUT2D eigenvalue weighted by Gasteiger charge is -2.36. The van der Waals surface area contributed by atoms with E-state index in [4.69, 9.17) is 31.4 Å². The van der Waals surface area contributed by atoms with E-state index in [-0.39, 0.29) is 16.6 Å². The maximum atomic E-state index is 14.0. The molecule has 6 rings (SSSR count). The zero-order valence-electron chi connectivity index (χ0n) is 53.5. The van der Waals surface area contributed by atoms with Gasteiger partial charge in [-0.2, -0.15) is 0 Å². The molecule has 0 saturated heterocycles. The topological polar surface area (TPSA) is 124 Å². The largest absolute Gasteiger partial charge is 0.453 e. The zero-order valence-corrected chi connectivity index (χ0v) is 56.9. The normalized spacial score (nSPS) is 14.9. The van der Waals surface area contributed by atoms with Gasteiger partial charge in [-0.25, -0.2) is 20.1 Å². The Kier molecular flexibility index (Phi) is 18.2. The highest BCUT2D eigenvalue weighted by molar-refractivity contribution is 8.32. The van der Waals surface area contributed by atoms with Crippen LogP contribution in [0.4, 0.5) is 0 Å². The molecule has 1 aliphatic rings. The Hall–Kier alpha value is -4.18. The Morgan fingerprint density at radius 2 is 0.912 bits per heavy atom. The number of ketones is 1. The van der Waals surface area contributed by atoms with E-state index < -0.39 is 75.9 Å². The Balaban J connectivity index is 1.84. The first-order valence-electron chi connectivity index (χ1n) is 27.8. The van der Waals surface area contributed by atoms with Crippen molar-refractivity contribution >= 4 is 76.3 Å². The van der Waals surface area contributed by atoms with Crippen LogP contribution in [0.15, 0.2) is 78.4 Å². The molecule has 14 heteroatoms. The maximum Gasteiger partial charge on any atom is 0.453 e. The van der Waals surface area contributed by atoms with Gasteiger partial charge >= 0.3 is 20.2 Å². The average molecular weight is 1170 g/mol. The fourth-order valence-corrected chi connectivity index (χ4v) is 14.0. The molecule has 1 unspecified atom stereocenters. The van der Waals surface area contributed by atoms with Crippen LogP contribution in [-0.2, 0) is 40.6 Å². The Bertz CT molecular complexity index is 3180.